The van der Waals surface area contributed by atoms with Crippen LogP contribution in [0.5, 0.6) is 0 Å². The Kier molecular flexibility index (Phi) is 7.03. The van der Waals surface area contributed by atoms with E-state index in [1.54, 1.807) is 0 Å². The molecule has 0 aromatic rings. The van der Waals surface area contributed by atoms with Crippen molar-refractivity contribution in [2.75, 3.05) is 19.6 Å². The minimum absolute atomic E-state index is 0.619. The Morgan fingerprint density at radius 2 is 2.00 bits per heavy atom. The van der Waals surface area contributed by atoms with Crippen LogP contribution in [0.3, 0.4) is 0 Å². The molecule has 0 saturated heterocycles. The number of nitrogens with one attached hydrogen (secondary N) is 2. The molecule has 2 heteroatoms. The van der Waals surface area contributed by atoms with Crippen LogP contribution in [-0.2, 0) is 0 Å². The Bertz CT molecular complexity index is 141. The third kappa shape index (κ3) is 6.16. The molecule has 2 nitrogen and oxygen atoms in total. The zero-order valence-electron chi connectivity index (χ0n) is 10.5. The average Bonchev–Trinajstić information content (AvgIpc) is 2.74. The predicted molar refractivity (Wildman–Crippen MR) is 67.2 cm³/mol. The summed E-state index contributed by atoms with van der Waals surface area (Å²) in [6.45, 7) is 7.79. The molecule has 1 fully saturated rings. The van der Waals surface area contributed by atoms with E-state index in [-0.39, 0.29) is 0 Å². The lowest BCUT2D eigenvalue weighted by atomic mass is 10.0. The normalized spacial score (nSPS) is 19.6. The summed E-state index contributed by atoms with van der Waals surface area (Å²) in [6.07, 6.45) is 8.76. The molecule has 1 saturated carbocycles. The van der Waals surface area contributed by atoms with E-state index in [4.69, 9.17) is 0 Å². The molecule has 15 heavy (non-hydrogen) atoms. The van der Waals surface area contributed by atoms with Crippen LogP contribution in [0.25, 0.3) is 0 Å². The van der Waals surface area contributed by atoms with Crippen molar-refractivity contribution in [1.82, 2.24) is 10.6 Å². The maximum absolute atomic E-state index is 3.58. The zero-order valence-corrected chi connectivity index (χ0v) is 10.5. The highest BCUT2D eigenvalue weighted by molar-refractivity contribution is 4.69. The van der Waals surface area contributed by atoms with E-state index >= 15 is 0 Å². The fourth-order valence-corrected chi connectivity index (χ4v) is 2.47. The smallest absolute Gasteiger partial charge is 0.0164 e. The van der Waals surface area contributed by atoms with E-state index in [9.17, 15) is 0 Å². The van der Waals surface area contributed by atoms with Gasteiger partial charge in [-0.25, -0.2) is 0 Å². The lowest BCUT2D eigenvalue weighted by Gasteiger charge is -2.15. The van der Waals surface area contributed by atoms with Crippen LogP contribution in [0.4, 0.5) is 0 Å². The molecule has 0 radical (unpaired) electrons. The molecular weight excluding hydrogens is 184 g/mol. The largest absolute Gasteiger partial charge is 0.315 e. The van der Waals surface area contributed by atoms with Crippen LogP contribution in [0.1, 0.15) is 52.4 Å². The first-order valence-corrected chi connectivity index (χ1v) is 6.77. The number of likely N-dealkylation sites (N-methyl/N-ethyl adjacent to an activating group) is 1. The summed E-state index contributed by atoms with van der Waals surface area (Å²) in [5.74, 6) is 1.05. The van der Waals surface area contributed by atoms with Crippen LogP contribution in [0.2, 0.25) is 0 Å². The van der Waals surface area contributed by atoms with Crippen LogP contribution in [0, 0.1) is 5.92 Å². The van der Waals surface area contributed by atoms with Gasteiger partial charge in [-0.05, 0) is 38.8 Å². The van der Waals surface area contributed by atoms with Crippen molar-refractivity contribution >= 4 is 0 Å². The van der Waals surface area contributed by atoms with Crippen molar-refractivity contribution in [2.24, 2.45) is 5.92 Å². The monoisotopic (exact) mass is 212 g/mol. The summed E-state index contributed by atoms with van der Waals surface area (Å²) in [5.41, 5.74) is 0. The molecule has 1 aliphatic rings. The van der Waals surface area contributed by atoms with Crippen LogP contribution < -0.4 is 10.6 Å². The SMILES string of the molecule is CCNCC(C)NCCCC1CCCC1. The summed E-state index contributed by atoms with van der Waals surface area (Å²) < 4.78 is 0. The molecule has 2 N–H and O–H groups in total. The molecule has 1 atom stereocenters. The molecule has 0 heterocycles. The van der Waals surface area contributed by atoms with Gasteiger partial charge in [0.15, 0.2) is 0 Å². The standard InChI is InChI=1S/C13H28N2/c1-3-14-11-12(2)15-10-6-9-13-7-4-5-8-13/h12-15H,3-11H2,1-2H3. The number of rotatable bonds is 8. The average molecular weight is 212 g/mol. The van der Waals surface area contributed by atoms with E-state index in [0.717, 1.165) is 19.0 Å². The highest BCUT2D eigenvalue weighted by Gasteiger charge is 2.13. The van der Waals surface area contributed by atoms with Gasteiger partial charge in [-0.15, -0.1) is 0 Å². The van der Waals surface area contributed by atoms with E-state index in [1.165, 1.54) is 45.1 Å². The second-order valence-electron chi connectivity index (χ2n) is 4.96. The molecule has 1 rings (SSSR count). The van der Waals surface area contributed by atoms with Crippen molar-refractivity contribution in [1.29, 1.82) is 0 Å². The maximum atomic E-state index is 3.58. The van der Waals surface area contributed by atoms with Gasteiger partial charge in [-0.2, -0.15) is 0 Å². The first-order chi connectivity index (χ1) is 7.33. The van der Waals surface area contributed by atoms with Gasteiger partial charge in [0, 0.05) is 12.6 Å². The highest BCUT2D eigenvalue weighted by Crippen LogP contribution is 2.28. The molecule has 1 unspecified atom stereocenters. The summed E-state index contributed by atoms with van der Waals surface area (Å²) in [5, 5.41) is 6.95. The van der Waals surface area contributed by atoms with Gasteiger partial charge < -0.3 is 10.6 Å². The van der Waals surface area contributed by atoms with Crippen LogP contribution in [-0.4, -0.2) is 25.7 Å². The fourth-order valence-electron chi connectivity index (χ4n) is 2.47. The number of hydrogen-bond acceptors (Lipinski definition) is 2. The van der Waals surface area contributed by atoms with Crippen molar-refractivity contribution in [3.63, 3.8) is 0 Å². The van der Waals surface area contributed by atoms with Crippen LogP contribution in [0.15, 0.2) is 0 Å². The third-order valence-corrected chi connectivity index (χ3v) is 3.46. The molecule has 90 valence electrons. The van der Waals surface area contributed by atoms with E-state index < -0.39 is 0 Å². The summed E-state index contributed by atoms with van der Waals surface area (Å²) in [6, 6.07) is 0.619. The molecule has 0 bridgehead atoms. The topological polar surface area (TPSA) is 24.1 Å². The van der Waals surface area contributed by atoms with Crippen molar-refractivity contribution in [3.8, 4) is 0 Å². The summed E-state index contributed by atoms with van der Waals surface area (Å²) >= 11 is 0. The minimum atomic E-state index is 0.619. The first kappa shape index (κ1) is 13.0. The Morgan fingerprint density at radius 1 is 1.27 bits per heavy atom. The first-order valence-electron chi connectivity index (χ1n) is 6.77. The second kappa shape index (κ2) is 8.12. The Labute approximate surface area is 95.2 Å². The van der Waals surface area contributed by atoms with Crippen molar-refractivity contribution in [3.05, 3.63) is 0 Å². The van der Waals surface area contributed by atoms with Gasteiger partial charge in [0.05, 0.1) is 0 Å². The van der Waals surface area contributed by atoms with Gasteiger partial charge in [0.1, 0.15) is 0 Å². The zero-order chi connectivity index (χ0) is 10.9. The quantitative estimate of drug-likeness (QED) is 0.604. The Balaban J connectivity index is 1.87. The summed E-state index contributed by atoms with van der Waals surface area (Å²) in [7, 11) is 0. The molecule has 1 aliphatic carbocycles. The molecule has 0 aliphatic heterocycles. The minimum Gasteiger partial charge on any atom is -0.315 e. The maximum Gasteiger partial charge on any atom is 0.0164 e. The van der Waals surface area contributed by atoms with Gasteiger partial charge in [0.25, 0.3) is 0 Å². The Hall–Kier alpha value is -0.0800. The van der Waals surface area contributed by atoms with Crippen molar-refractivity contribution < 1.29 is 0 Å². The van der Waals surface area contributed by atoms with E-state index in [0.29, 0.717) is 6.04 Å². The fraction of sp³-hybridized carbons (Fsp3) is 1.00. The summed E-state index contributed by atoms with van der Waals surface area (Å²) in [4.78, 5) is 0. The second-order valence-corrected chi connectivity index (χ2v) is 4.96. The molecule has 0 spiro atoms. The predicted octanol–water partition coefficient (Wildman–Crippen LogP) is 2.54. The van der Waals surface area contributed by atoms with E-state index in [2.05, 4.69) is 24.5 Å². The molecular formula is C13H28N2. The van der Waals surface area contributed by atoms with Gasteiger partial charge in [0.2, 0.25) is 0 Å². The molecule has 0 aromatic carbocycles. The van der Waals surface area contributed by atoms with Gasteiger partial charge in [-0.1, -0.05) is 32.6 Å². The highest BCUT2D eigenvalue weighted by atomic mass is 15.0. The lowest BCUT2D eigenvalue weighted by molar-refractivity contribution is 0.445. The third-order valence-electron chi connectivity index (χ3n) is 3.46. The van der Waals surface area contributed by atoms with Crippen molar-refractivity contribution in [2.45, 2.75) is 58.4 Å². The van der Waals surface area contributed by atoms with E-state index in [1.807, 2.05) is 0 Å². The Morgan fingerprint density at radius 3 is 2.67 bits per heavy atom. The molecule has 0 amide bonds. The lowest BCUT2D eigenvalue weighted by Crippen LogP contribution is -2.36. The number of hydrogen-bond donors (Lipinski definition) is 2. The van der Waals surface area contributed by atoms with Gasteiger partial charge >= 0.3 is 0 Å². The van der Waals surface area contributed by atoms with Crippen LogP contribution >= 0.6 is 0 Å². The molecule has 0 aromatic heterocycles. The van der Waals surface area contributed by atoms with Gasteiger partial charge in [-0.3, -0.25) is 0 Å².